The summed E-state index contributed by atoms with van der Waals surface area (Å²) in [7, 11) is -3.59. The second-order valence-electron chi connectivity index (χ2n) is 9.34. The van der Waals surface area contributed by atoms with Crippen molar-refractivity contribution in [2.24, 2.45) is 5.92 Å². The predicted octanol–water partition coefficient (Wildman–Crippen LogP) is 4.19. The van der Waals surface area contributed by atoms with Crippen molar-refractivity contribution in [3.63, 3.8) is 0 Å². The van der Waals surface area contributed by atoms with Crippen LogP contribution in [0, 0.1) is 12.8 Å². The zero-order valence-electron chi connectivity index (χ0n) is 20.3. The molecule has 1 amide bonds. The first-order chi connectivity index (χ1) is 17.8. The Labute approximate surface area is 217 Å². The van der Waals surface area contributed by atoms with E-state index in [1.165, 1.54) is 39.9 Å². The van der Waals surface area contributed by atoms with Crippen LogP contribution in [0.4, 0.5) is 5.82 Å². The molecular weight excluding hydrogens is 514 g/mol. The smallest absolute Gasteiger partial charge is 0.256 e. The summed E-state index contributed by atoms with van der Waals surface area (Å²) < 4.78 is 41.0. The van der Waals surface area contributed by atoms with E-state index in [-0.39, 0.29) is 17.6 Å². The van der Waals surface area contributed by atoms with Crippen molar-refractivity contribution in [2.75, 3.05) is 25.2 Å². The quantitative estimate of drug-likeness (QED) is 0.404. The number of sulfonamides is 1. The SMILES string of the molecule is Cc1cc(NC(=O)c2ccc(S(=O)(=O)N3CCCC(C)C3)cc2)n(-c2nc3cc4c(cc3s2)OCO4)n1. The third-order valence-electron chi connectivity index (χ3n) is 6.50. The first-order valence-electron chi connectivity index (χ1n) is 12.0. The minimum absolute atomic E-state index is 0.188. The summed E-state index contributed by atoms with van der Waals surface area (Å²) in [6.45, 7) is 5.12. The molecule has 10 nitrogen and oxygen atoms in total. The molecule has 4 heterocycles. The Morgan fingerprint density at radius 1 is 1.14 bits per heavy atom. The topological polar surface area (TPSA) is 116 Å². The second-order valence-corrected chi connectivity index (χ2v) is 12.3. The molecule has 2 aliphatic rings. The lowest BCUT2D eigenvalue weighted by molar-refractivity contribution is 0.102. The van der Waals surface area contributed by atoms with Crippen LogP contribution in [-0.2, 0) is 10.0 Å². The number of amides is 1. The van der Waals surface area contributed by atoms with Crippen molar-refractivity contribution in [1.29, 1.82) is 0 Å². The normalized spacial score (nSPS) is 17.8. The standard InChI is InChI=1S/C25H25N5O5S2/c1-15-4-3-9-29(13-15)37(32,33)18-7-5-17(6-8-18)24(31)27-23-10-16(2)28-30(23)25-26-19-11-20-21(35-14-34-20)12-22(19)36-25/h5-8,10-12,15H,3-4,9,13-14H2,1-2H3,(H,27,31). The number of rotatable bonds is 5. The van der Waals surface area contributed by atoms with E-state index in [0.717, 1.165) is 23.1 Å². The van der Waals surface area contributed by atoms with Crippen molar-refractivity contribution in [1.82, 2.24) is 19.1 Å². The van der Waals surface area contributed by atoms with Crippen LogP contribution < -0.4 is 14.8 Å². The van der Waals surface area contributed by atoms with Gasteiger partial charge < -0.3 is 14.8 Å². The first kappa shape index (κ1) is 23.9. The van der Waals surface area contributed by atoms with Gasteiger partial charge in [-0.3, -0.25) is 4.79 Å². The average molecular weight is 540 g/mol. The van der Waals surface area contributed by atoms with Crippen LogP contribution >= 0.6 is 11.3 Å². The van der Waals surface area contributed by atoms with Gasteiger partial charge in [0.2, 0.25) is 21.9 Å². The van der Waals surface area contributed by atoms with E-state index in [1.807, 2.05) is 19.1 Å². The van der Waals surface area contributed by atoms with Gasteiger partial charge in [0, 0.05) is 36.9 Å². The van der Waals surface area contributed by atoms with Gasteiger partial charge in [0.15, 0.2) is 11.5 Å². The highest BCUT2D eigenvalue weighted by atomic mass is 32.2. The van der Waals surface area contributed by atoms with E-state index in [9.17, 15) is 13.2 Å². The Morgan fingerprint density at radius 2 is 1.89 bits per heavy atom. The second kappa shape index (κ2) is 9.12. The molecule has 0 bridgehead atoms. The first-order valence-corrected chi connectivity index (χ1v) is 14.2. The molecule has 1 N–H and O–H groups in total. The summed E-state index contributed by atoms with van der Waals surface area (Å²) in [6, 6.07) is 11.5. The summed E-state index contributed by atoms with van der Waals surface area (Å²) in [6.07, 6.45) is 1.88. The van der Waals surface area contributed by atoms with E-state index in [1.54, 1.807) is 10.7 Å². The predicted molar refractivity (Wildman–Crippen MR) is 139 cm³/mol. The lowest BCUT2D eigenvalue weighted by Crippen LogP contribution is -2.39. The van der Waals surface area contributed by atoms with Crippen LogP contribution in [0.15, 0.2) is 47.4 Å². The summed E-state index contributed by atoms with van der Waals surface area (Å²) in [5.41, 5.74) is 1.79. The lowest BCUT2D eigenvalue weighted by Gasteiger charge is -2.30. The highest BCUT2D eigenvalue weighted by molar-refractivity contribution is 7.89. The third-order valence-corrected chi connectivity index (χ3v) is 9.37. The van der Waals surface area contributed by atoms with Gasteiger partial charge in [-0.05, 0) is 49.9 Å². The molecule has 2 aliphatic heterocycles. The summed E-state index contributed by atoms with van der Waals surface area (Å²) >= 11 is 1.42. The zero-order chi connectivity index (χ0) is 25.7. The molecule has 1 atom stereocenters. The molecule has 2 aromatic carbocycles. The van der Waals surface area contributed by atoms with Crippen LogP contribution in [0.25, 0.3) is 15.3 Å². The summed E-state index contributed by atoms with van der Waals surface area (Å²) in [5.74, 6) is 1.74. The van der Waals surface area contributed by atoms with Crippen molar-refractivity contribution in [2.45, 2.75) is 31.6 Å². The number of carbonyl (C=O) groups is 1. The number of hydrogen-bond acceptors (Lipinski definition) is 8. The minimum atomic E-state index is -3.59. The molecular formula is C25H25N5O5S2. The Kier molecular flexibility index (Phi) is 5.89. The van der Waals surface area contributed by atoms with Crippen molar-refractivity contribution in [3.05, 3.63) is 53.7 Å². The number of thiazole rings is 1. The maximum absolute atomic E-state index is 13.1. The molecule has 6 rings (SSSR count). The lowest BCUT2D eigenvalue weighted by atomic mass is 10.0. The maximum Gasteiger partial charge on any atom is 0.256 e. The zero-order valence-corrected chi connectivity index (χ0v) is 21.9. The minimum Gasteiger partial charge on any atom is -0.454 e. The molecule has 0 aliphatic carbocycles. The van der Waals surface area contributed by atoms with Gasteiger partial charge >= 0.3 is 0 Å². The molecule has 0 radical (unpaired) electrons. The fraction of sp³-hybridized carbons (Fsp3) is 0.320. The Hall–Kier alpha value is -3.48. The fourth-order valence-corrected chi connectivity index (χ4v) is 7.15. The number of aryl methyl sites for hydroxylation is 1. The number of aromatic nitrogens is 3. The fourth-order valence-electron chi connectivity index (χ4n) is 4.61. The molecule has 12 heteroatoms. The number of ether oxygens (including phenoxy) is 2. The molecule has 37 heavy (non-hydrogen) atoms. The molecule has 4 aromatic rings. The number of carbonyl (C=O) groups excluding carboxylic acids is 1. The molecule has 1 fully saturated rings. The average Bonchev–Trinajstić information content (AvgIpc) is 3.60. The monoisotopic (exact) mass is 539 g/mol. The van der Waals surface area contributed by atoms with E-state index < -0.39 is 10.0 Å². The van der Waals surface area contributed by atoms with Crippen LogP contribution in [0.5, 0.6) is 11.5 Å². The van der Waals surface area contributed by atoms with Crippen molar-refractivity contribution >= 4 is 43.3 Å². The summed E-state index contributed by atoms with van der Waals surface area (Å²) in [4.78, 5) is 17.9. The van der Waals surface area contributed by atoms with Gasteiger partial charge in [0.05, 0.1) is 20.8 Å². The van der Waals surface area contributed by atoms with E-state index >= 15 is 0 Å². The molecule has 1 saturated heterocycles. The van der Waals surface area contributed by atoms with Crippen molar-refractivity contribution < 1.29 is 22.7 Å². The van der Waals surface area contributed by atoms with E-state index in [4.69, 9.17) is 9.47 Å². The third kappa shape index (κ3) is 4.45. The number of hydrogen-bond donors (Lipinski definition) is 1. The Bertz CT molecular complexity index is 1570. The molecule has 192 valence electrons. The number of anilines is 1. The largest absolute Gasteiger partial charge is 0.454 e. The maximum atomic E-state index is 13.1. The van der Waals surface area contributed by atoms with Gasteiger partial charge in [0.1, 0.15) is 5.82 Å². The van der Waals surface area contributed by atoms with Crippen LogP contribution in [-0.4, -0.2) is 53.3 Å². The number of benzene rings is 2. The number of nitrogens with zero attached hydrogens (tertiary/aromatic N) is 4. The Balaban J connectivity index is 1.23. The summed E-state index contributed by atoms with van der Waals surface area (Å²) in [5, 5.41) is 7.97. The number of piperidine rings is 1. The van der Waals surface area contributed by atoms with E-state index in [2.05, 4.69) is 22.3 Å². The highest BCUT2D eigenvalue weighted by Gasteiger charge is 2.29. The van der Waals surface area contributed by atoms with Gasteiger partial charge in [0.25, 0.3) is 5.91 Å². The van der Waals surface area contributed by atoms with Crippen molar-refractivity contribution in [3.8, 4) is 16.6 Å². The van der Waals surface area contributed by atoms with Gasteiger partial charge in [-0.25, -0.2) is 13.4 Å². The highest BCUT2D eigenvalue weighted by Crippen LogP contribution is 2.39. The Morgan fingerprint density at radius 3 is 2.65 bits per heavy atom. The number of nitrogens with one attached hydrogen (secondary N) is 1. The molecule has 0 spiro atoms. The molecule has 0 saturated carbocycles. The van der Waals surface area contributed by atoms with Crippen LogP contribution in [0.3, 0.4) is 0 Å². The molecule has 1 unspecified atom stereocenters. The number of fused-ring (bicyclic) bond motifs is 2. The van der Waals surface area contributed by atoms with E-state index in [0.29, 0.717) is 52.7 Å². The van der Waals surface area contributed by atoms with Gasteiger partial charge in [-0.2, -0.15) is 14.1 Å². The van der Waals surface area contributed by atoms with Gasteiger partial charge in [-0.1, -0.05) is 18.3 Å². The van der Waals surface area contributed by atoms with Crippen LogP contribution in [0.2, 0.25) is 0 Å². The molecule has 2 aromatic heterocycles. The van der Waals surface area contributed by atoms with Crippen LogP contribution in [0.1, 0.15) is 35.8 Å². The van der Waals surface area contributed by atoms with Gasteiger partial charge in [-0.15, -0.1) is 0 Å².